The molecule has 1 amide bonds. The maximum absolute atomic E-state index is 11.9. The van der Waals surface area contributed by atoms with Gasteiger partial charge in [-0.05, 0) is 25.7 Å². The monoisotopic (exact) mass is 196 g/mol. The molecule has 1 aliphatic heterocycles. The summed E-state index contributed by atoms with van der Waals surface area (Å²) < 4.78 is 0. The minimum atomic E-state index is 0.378. The van der Waals surface area contributed by atoms with Crippen molar-refractivity contribution in [2.45, 2.75) is 38.6 Å². The van der Waals surface area contributed by atoms with Gasteiger partial charge in [0.2, 0.25) is 5.91 Å². The van der Waals surface area contributed by atoms with Crippen LogP contribution in [-0.4, -0.2) is 36.5 Å². The highest BCUT2D eigenvalue weighted by molar-refractivity contribution is 5.77. The fourth-order valence-electron chi connectivity index (χ4n) is 2.27. The zero-order valence-electron chi connectivity index (χ0n) is 8.96. The lowest BCUT2D eigenvalue weighted by Crippen LogP contribution is -2.52. The van der Waals surface area contributed by atoms with E-state index in [-0.39, 0.29) is 0 Å². The average molecular weight is 196 g/mol. The first-order valence-electron chi connectivity index (χ1n) is 5.77. The fourth-order valence-corrected chi connectivity index (χ4v) is 2.27. The molecule has 1 heterocycles. The Kier molecular flexibility index (Phi) is 3.06. The summed E-state index contributed by atoms with van der Waals surface area (Å²) in [6.45, 7) is 4.94. The van der Waals surface area contributed by atoms with Gasteiger partial charge in [-0.25, -0.2) is 0 Å². The summed E-state index contributed by atoms with van der Waals surface area (Å²) >= 11 is 0. The number of hydrogen-bond acceptors (Lipinski definition) is 2. The van der Waals surface area contributed by atoms with Crippen LogP contribution in [0.25, 0.3) is 0 Å². The number of piperazine rings is 1. The van der Waals surface area contributed by atoms with Gasteiger partial charge in [0, 0.05) is 32.1 Å². The van der Waals surface area contributed by atoms with E-state index in [0.717, 1.165) is 26.1 Å². The van der Waals surface area contributed by atoms with E-state index in [1.165, 1.54) is 19.3 Å². The van der Waals surface area contributed by atoms with Crippen molar-refractivity contribution in [2.75, 3.05) is 19.6 Å². The summed E-state index contributed by atoms with van der Waals surface area (Å²) in [5.41, 5.74) is 0. The molecule has 2 aliphatic rings. The van der Waals surface area contributed by atoms with E-state index < -0.39 is 0 Å². The molecule has 0 spiro atoms. The van der Waals surface area contributed by atoms with E-state index in [0.29, 0.717) is 17.9 Å². The topological polar surface area (TPSA) is 32.3 Å². The van der Waals surface area contributed by atoms with Crippen LogP contribution in [0.4, 0.5) is 0 Å². The van der Waals surface area contributed by atoms with Crippen LogP contribution in [0.1, 0.15) is 32.6 Å². The number of nitrogens with zero attached hydrogens (tertiary/aromatic N) is 1. The van der Waals surface area contributed by atoms with Crippen molar-refractivity contribution >= 4 is 5.91 Å². The number of carbonyl (C=O) groups excluding carboxylic acids is 1. The third kappa shape index (κ3) is 2.08. The zero-order chi connectivity index (χ0) is 9.97. The maximum atomic E-state index is 11.9. The highest BCUT2D eigenvalue weighted by atomic mass is 16.2. The number of amides is 1. The van der Waals surface area contributed by atoms with Crippen molar-refractivity contribution in [3.63, 3.8) is 0 Å². The number of hydrogen-bond donors (Lipinski definition) is 1. The predicted molar refractivity (Wildman–Crippen MR) is 56.0 cm³/mol. The Morgan fingerprint density at radius 2 is 2.29 bits per heavy atom. The fraction of sp³-hybridized carbons (Fsp3) is 0.909. The van der Waals surface area contributed by atoms with Crippen molar-refractivity contribution < 1.29 is 4.79 Å². The molecule has 3 heteroatoms. The predicted octanol–water partition coefficient (Wildman–Crippen LogP) is 0.997. The van der Waals surface area contributed by atoms with Crippen LogP contribution in [-0.2, 0) is 4.79 Å². The first-order chi connectivity index (χ1) is 6.77. The van der Waals surface area contributed by atoms with Gasteiger partial charge in [-0.1, -0.05) is 6.42 Å². The van der Waals surface area contributed by atoms with Gasteiger partial charge in [0.25, 0.3) is 0 Å². The Balaban J connectivity index is 1.82. The third-order valence-electron chi connectivity index (χ3n) is 3.51. The van der Waals surface area contributed by atoms with Gasteiger partial charge < -0.3 is 10.2 Å². The van der Waals surface area contributed by atoms with Crippen molar-refractivity contribution in [3.05, 3.63) is 0 Å². The molecule has 0 aromatic heterocycles. The molecule has 0 aromatic carbocycles. The molecule has 3 nitrogen and oxygen atoms in total. The molecule has 14 heavy (non-hydrogen) atoms. The minimum Gasteiger partial charge on any atom is -0.337 e. The van der Waals surface area contributed by atoms with E-state index in [4.69, 9.17) is 0 Å². The van der Waals surface area contributed by atoms with E-state index in [2.05, 4.69) is 17.1 Å². The molecular formula is C11H20N2O. The second kappa shape index (κ2) is 4.30. The van der Waals surface area contributed by atoms with E-state index in [9.17, 15) is 4.79 Å². The SMILES string of the molecule is CC1CNCCN1C(=O)CC1CCC1. The molecule has 1 aliphatic carbocycles. The summed E-state index contributed by atoms with van der Waals surface area (Å²) in [6.07, 6.45) is 4.66. The van der Waals surface area contributed by atoms with Gasteiger partial charge in [0.05, 0.1) is 0 Å². The quantitative estimate of drug-likeness (QED) is 0.714. The summed E-state index contributed by atoms with van der Waals surface area (Å²) in [4.78, 5) is 14.0. The first-order valence-corrected chi connectivity index (χ1v) is 5.77. The van der Waals surface area contributed by atoms with Gasteiger partial charge >= 0.3 is 0 Å². The lowest BCUT2D eigenvalue weighted by Gasteiger charge is -2.36. The van der Waals surface area contributed by atoms with Crippen molar-refractivity contribution in [3.8, 4) is 0 Å². The Hall–Kier alpha value is -0.570. The maximum Gasteiger partial charge on any atom is 0.223 e. The number of nitrogens with one attached hydrogen (secondary N) is 1. The van der Waals surface area contributed by atoms with Crippen LogP contribution in [0.3, 0.4) is 0 Å². The van der Waals surface area contributed by atoms with Crippen LogP contribution in [0, 0.1) is 5.92 Å². The molecule has 1 unspecified atom stereocenters. The number of rotatable bonds is 2. The van der Waals surface area contributed by atoms with Crippen LogP contribution in [0.2, 0.25) is 0 Å². The lowest BCUT2D eigenvalue weighted by molar-refractivity contribution is -0.135. The molecule has 1 saturated carbocycles. The van der Waals surface area contributed by atoms with Crippen LogP contribution >= 0.6 is 0 Å². The Labute approximate surface area is 85.8 Å². The standard InChI is InChI=1S/C11H20N2O/c1-9-8-12-5-6-13(9)11(14)7-10-3-2-4-10/h9-10,12H,2-8H2,1H3. The molecular weight excluding hydrogens is 176 g/mol. The molecule has 2 rings (SSSR count). The Morgan fingerprint density at radius 1 is 1.50 bits per heavy atom. The molecule has 80 valence electrons. The highest BCUT2D eigenvalue weighted by Gasteiger charge is 2.27. The third-order valence-corrected chi connectivity index (χ3v) is 3.51. The second-order valence-electron chi connectivity index (χ2n) is 4.64. The van der Waals surface area contributed by atoms with Crippen LogP contribution in [0.15, 0.2) is 0 Å². The highest BCUT2D eigenvalue weighted by Crippen LogP contribution is 2.30. The van der Waals surface area contributed by atoms with Gasteiger partial charge in [-0.2, -0.15) is 0 Å². The van der Waals surface area contributed by atoms with Crippen molar-refractivity contribution in [1.82, 2.24) is 10.2 Å². The lowest BCUT2D eigenvalue weighted by atomic mass is 9.82. The minimum absolute atomic E-state index is 0.378. The molecule has 1 atom stereocenters. The first kappa shape index (κ1) is 9.97. The van der Waals surface area contributed by atoms with Gasteiger partial charge in [-0.15, -0.1) is 0 Å². The summed E-state index contributed by atoms with van der Waals surface area (Å²) in [6, 6.07) is 0.385. The molecule has 1 saturated heterocycles. The van der Waals surface area contributed by atoms with Gasteiger partial charge in [0.1, 0.15) is 0 Å². The molecule has 2 fully saturated rings. The van der Waals surface area contributed by atoms with E-state index in [1.54, 1.807) is 0 Å². The second-order valence-corrected chi connectivity index (χ2v) is 4.64. The molecule has 0 radical (unpaired) electrons. The van der Waals surface area contributed by atoms with E-state index >= 15 is 0 Å². The summed E-state index contributed by atoms with van der Waals surface area (Å²) in [7, 11) is 0. The van der Waals surface area contributed by atoms with Crippen LogP contribution in [0.5, 0.6) is 0 Å². The Morgan fingerprint density at radius 3 is 2.86 bits per heavy atom. The normalized spacial score (nSPS) is 28.6. The molecule has 0 aromatic rings. The van der Waals surface area contributed by atoms with E-state index in [1.807, 2.05) is 0 Å². The molecule has 0 bridgehead atoms. The van der Waals surface area contributed by atoms with Crippen LogP contribution < -0.4 is 5.32 Å². The largest absolute Gasteiger partial charge is 0.337 e. The van der Waals surface area contributed by atoms with Crippen molar-refractivity contribution in [2.24, 2.45) is 5.92 Å². The number of carbonyl (C=O) groups is 1. The summed E-state index contributed by atoms with van der Waals surface area (Å²) in [5, 5.41) is 3.31. The smallest absolute Gasteiger partial charge is 0.223 e. The van der Waals surface area contributed by atoms with Gasteiger partial charge in [0.15, 0.2) is 0 Å². The van der Waals surface area contributed by atoms with Gasteiger partial charge in [-0.3, -0.25) is 4.79 Å². The zero-order valence-corrected chi connectivity index (χ0v) is 8.96. The Bertz CT molecular complexity index is 213. The average Bonchev–Trinajstić information content (AvgIpc) is 2.12. The summed E-state index contributed by atoms with van der Waals surface area (Å²) in [5.74, 6) is 1.08. The van der Waals surface area contributed by atoms with Crippen molar-refractivity contribution in [1.29, 1.82) is 0 Å². The molecule has 1 N–H and O–H groups in total.